The van der Waals surface area contributed by atoms with Gasteiger partial charge in [0.15, 0.2) is 0 Å². The molecule has 1 fully saturated rings. The van der Waals surface area contributed by atoms with E-state index in [1.807, 2.05) is 31.2 Å². The minimum Gasteiger partial charge on any atom is -0.508 e. The molecule has 27 heavy (non-hydrogen) atoms. The molecule has 0 aliphatic carbocycles. The molecule has 5 nitrogen and oxygen atoms in total. The molecule has 3 aromatic rings. The SMILES string of the molecule is Cc1cc(O)c(C2CC(O)CC(CO)O2)cc1Cc1nc2ccccc2s1. The molecule has 4 rings (SSSR count). The highest BCUT2D eigenvalue weighted by Gasteiger charge is 2.31. The van der Waals surface area contributed by atoms with Crippen LogP contribution in [0.1, 0.15) is 40.6 Å². The normalized spacial score (nSPS) is 23.0. The van der Waals surface area contributed by atoms with Crippen LogP contribution in [-0.4, -0.2) is 39.1 Å². The Morgan fingerprint density at radius 3 is 2.81 bits per heavy atom. The number of thiazole rings is 1. The summed E-state index contributed by atoms with van der Waals surface area (Å²) in [6.07, 6.45) is 0.116. The summed E-state index contributed by atoms with van der Waals surface area (Å²) in [4.78, 5) is 4.70. The summed E-state index contributed by atoms with van der Waals surface area (Å²) >= 11 is 1.67. The standard InChI is InChI=1S/C21H23NO4S/c1-12-6-18(25)16(19-10-14(24)9-15(11-23)26-19)7-13(12)8-21-22-17-4-2-3-5-20(17)27-21/h2-7,14-15,19,23-25H,8-11H2,1H3. The van der Waals surface area contributed by atoms with E-state index in [4.69, 9.17) is 9.72 Å². The second-order valence-corrected chi connectivity index (χ2v) is 8.26. The van der Waals surface area contributed by atoms with Gasteiger partial charge in [-0.25, -0.2) is 4.98 Å². The van der Waals surface area contributed by atoms with Gasteiger partial charge in [-0.2, -0.15) is 0 Å². The maximum atomic E-state index is 10.5. The zero-order valence-corrected chi connectivity index (χ0v) is 15.9. The number of hydrogen-bond acceptors (Lipinski definition) is 6. The van der Waals surface area contributed by atoms with E-state index in [0.29, 0.717) is 24.8 Å². The Morgan fingerprint density at radius 2 is 2.04 bits per heavy atom. The van der Waals surface area contributed by atoms with Crippen molar-refractivity contribution in [1.29, 1.82) is 0 Å². The van der Waals surface area contributed by atoms with Gasteiger partial charge in [0.25, 0.3) is 0 Å². The summed E-state index contributed by atoms with van der Waals surface area (Å²) in [6, 6.07) is 11.8. The van der Waals surface area contributed by atoms with Crippen molar-refractivity contribution in [1.82, 2.24) is 4.98 Å². The lowest BCUT2D eigenvalue weighted by Crippen LogP contribution is -2.33. The molecule has 0 saturated carbocycles. The Balaban J connectivity index is 1.64. The zero-order chi connectivity index (χ0) is 19.0. The number of phenolic OH excluding ortho intramolecular Hbond substituents is 1. The molecule has 1 saturated heterocycles. The number of phenols is 1. The number of benzene rings is 2. The number of aliphatic hydroxyl groups is 2. The molecule has 142 valence electrons. The molecule has 1 aliphatic heterocycles. The maximum Gasteiger partial charge on any atom is 0.121 e. The molecule has 6 heteroatoms. The van der Waals surface area contributed by atoms with Crippen LogP contribution in [0.2, 0.25) is 0 Å². The fourth-order valence-corrected chi connectivity index (χ4v) is 4.66. The number of rotatable bonds is 4. The predicted octanol–water partition coefficient (Wildman–Crippen LogP) is 3.47. The number of ether oxygens (including phenoxy) is 1. The van der Waals surface area contributed by atoms with Crippen LogP contribution in [0.15, 0.2) is 36.4 Å². The van der Waals surface area contributed by atoms with Crippen molar-refractivity contribution >= 4 is 21.6 Å². The lowest BCUT2D eigenvalue weighted by Gasteiger charge is -2.33. The number of fused-ring (bicyclic) bond motifs is 1. The number of aliphatic hydroxyl groups excluding tert-OH is 2. The first-order chi connectivity index (χ1) is 13.0. The largest absolute Gasteiger partial charge is 0.508 e. The van der Waals surface area contributed by atoms with E-state index in [1.54, 1.807) is 17.4 Å². The van der Waals surface area contributed by atoms with Crippen LogP contribution in [0.3, 0.4) is 0 Å². The average Bonchev–Trinajstić information content (AvgIpc) is 3.05. The van der Waals surface area contributed by atoms with Crippen LogP contribution in [0.25, 0.3) is 10.2 Å². The van der Waals surface area contributed by atoms with E-state index in [9.17, 15) is 15.3 Å². The highest BCUT2D eigenvalue weighted by Crippen LogP contribution is 2.38. The summed E-state index contributed by atoms with van der Waals surface area (Å²) in [5, 5.41) is 31.0. The van der Waals surface area contributed by atoms with Crippen LogP contribution in [0, 0.1) is 6.92 Å². The van der Waals surface area contributed by atoms with Crippen LogP contribution in [0.5, 0.6) is 5.75 Å². The third-order valence-electron chi connectivity index (χ3n) is 5.09. The van der Waals surface area contributed by atoms with Gasteiger partial charge in [-0.05, 0) is 42.3 Å². The fourth-order valence-electron chi connectivity index (χ4n) is 3.67. The van der Waals surface area contributed by atoms with Crippen LogP contribution in [-0.2, 0) is 11.2 Å². The Labute approximate surface area is 161 Å². The number of aryl methyl sites for hydroxylation is 1. The van der Waals surface area contributed by atoms with E-state index < -0.39 is 18.3 Å². The zero-order valence-electron chi connectivity index (χ0n) is 15.1. The summed E-state index contributed by atoms with van der Waals surface area (Å²) in [6.45, 7) is 1.83. The molecule has 0 radical (unpaired) electrons. The van der Waals surface area contributed by atoms with Crippen molar-refractivity contribution in [3.63, 3.8) is 0 Å². The van der Waals surface area contributed by atoms with E-state index in [-0.39, 0.29) is 12.4 Å². The molecule has 2 heterocycles. The van der Waals surface area contributed by atoms with Crippen molar-refractivity contribution < 1.29 is 20.1 Å². The van der Waals surface area contributed by atoms with Crippen molar-refractivity contribution in [3.8, 4) is 5.75 Å². The molecule has 0 bridgehead atoms. The highest BCUT2D eigenvalue weighted by atomic mass is 32.1. The van der Waals surface area contributed by atoms with Gasteiger partial charge in [0, 0.05) is 24.8 Å². The van der Waals surface area contributed by atoms with Crippen molar-refractivity contribution in [3.05, 3.63) is 58.1 Å². The molecule has 3 atom stereocenters. The van der Waals surface area contributed by atoms with Crippen LogP contribution >= 0.6 is 11.3 Å². The first-order valence-electron chi connectivity index (χ1n) is 9.14. The Morgan fingerprint density at radius 1 is 1.22 bits per heavy atom. The number of para-hydroxylation sites is 1. The molecule has 1 aliphatic rings. The molecule has 1 aromatic heterocycles. The first kappa shape index (κ1) is 18.4. The molecule has 3 N–H and O–H groups in total. The Kier molecular flexibility index (Phi) is 5.14. The average molecular weight is 385 g/mol. The monoisotopic (exact) mass is 385 g/mol. The van der Waals surface area contributed by atoms with Crippen LogP contribution in [0.4, 0.5) is 0 Å². The molecular weight excluding hydrogens is 362 g/mol. The summed E-state index contributed by atoms with van der Waals surface area (Å²) in [5.74, 6) is 0.163. The van der Waals surface area contributed by atoms with E-state index >= 15 is 0 Å². The second kappa shape index (κ2) is 7.56. The fraction of sp³-hybridized carbons (Fsp3) is 0.381. The summed E-state index contributed by atoms with van der Waals surface area (Å²) < 4.78 is 7.04. The smallest absolute Gasteiger partial charge is 0.121 e. The van der Waals surface area contributed by atoms with E-state index in [1.165, 1.54) is 0 Å². The molecule has 0 amide bonds. The maximum absolute atomic E-state index is 10.5. The Bertz CT molecular complexity index is 922. The van der Waals surface area contributed by atoms with Gasteiger partial charge >= 0.3 is 0 Å². The van der Waals surface area contributed by atoms with Gasteiger partial charge in [-0.15, -0.1) is 11.3 Å². The van der Waals surface area contributed by atoms with Gasteiger partial charge in [-0.1, -0.05) is 12.1 Å². The Hall–Kier alpha value is -1.99. The minimum absolute atomic E-state index is 0.140. The topological polar surface area (TPSA) is 82.8 Å². The van der Waals surface area contributed by atoms with Crippen molar-refractivity contribution in [2.45, 2.75) is 44.5 Å². The molecular formula is C21H23NO4S. The molecule has 0 spiro atoms. The van der Waals surface area contributed by atoms with Crippen molar-refractivity contribution in [2.24, 2.45) is 0 Å². The minimum atomic E-state index is -0.547. The van der Waals surface area contributed by atoms with Gasteiger partial charge in [0.2, 0.25) is 0 Å². The summed E-state index contributed by atoms with van der Waals surface area (Å²) in [5.41, 5.74) is 3.73. The first-order valence-corrected chi connectivity index (χ1v) is 9.96. The third kappa shape index (κ3) is 3.84. The molecule has 2 aromatic carbocycles. The van der Waals surface area contributed by atoms with E-state index in [0.717, 1.165) is 26.4 Å². The lowest BCUT2D eigenvalue weighted by atomic mass is 9.92. The number of aromatic nitrogens is 1. The van der Waals surface area contributed by atoms with Gasteiger partial charge < -0.3 is 20.1 Å². The quantitative estimate of drug-likeness (QED) is 0.641. The van der Waals surface area contributed by atoms with E-state index in [2.05, 4.69) is 6.07 Å². The van der Waals surface area contributed by atoms with Gasteiger partial charge in [0.05, 0.1) is 40.1 Å². The summed E-state index contributed by atoms with van der Waals surface area (Å²) in [7, 11) is 0. The molecule has 3 unspecified atom stereocenters. The van der Waals surface area contributed by atoms with Gasteiger partial charge in [-0.3, -0.25) is 0 Å². The van der Waals surface area contributed by atoms with Crippen LogP contribution < -0.4 is 0 Å². The predicted molar refractivity (Wildman–Crippen MR) is 105 cm³/mol. The number of aromatic hydroxyl groups is 1. The third-order valence-corrected chi connectivity index (χ3v) is 6.13. The highest BCUT2D eigenvalue weighted by molar-refractivity contribution is 7.18. The second-order valence-electron chi connectivity index (χ2n) is 7.14. The number of hydrogen-bond donors (Lipinski definition) is 3. The van der Waals surface area contributed by atoms with Gasteiger partial charge in [0.1, 0.15) is 5.75 Å². The lowest BCUT2D eigenvalue weighted by molar-refractivity contribution is -0.114. The van der Waals surface area contributed by atoms with Crippen molar-refractivity contribution in [2.75, 3.05) is 6.61 Å². The number of nitrogens with zero attached hydrogens (tertiary/aromatic N) is 1.